The highest BCUT2D eigenvalue weighted by atomic mass is 32.2. The fourth-order valence-corrected chi connectivity index (χ4v) is 1.84. The Labute approximate surface area is 106 Å². The summed E-state index contributed by atoms with van der Waals surface area (Å²) in [6.07, 6.45) is -3.56. The Balaban J connectivity index is 2.46. The number of H-pyrrole nitrogens is 1. The predicted molar refractivity (Wildman–Crippen MR) is 59.9 cm³/mol. The average molecular weight is 291 g/mol. The second-order valence-corrected chi connectivity index (χ2v) is 5.75. The van der Waals surface area contributed by atoms with Gasteiger partial charge in [-0.3, -0.25) is 0 Å². The molecule has 5 nitrogen and oxygen atoms in total. The minimum absolute atomic E-state index is 0.0842. The lowest BCUT2D eigenvalue weighted by Crippen LogP contribution is -2.04. The van der Waals surface area contributed by atoms with Crippen molar-refractivity contribution in [1.29, 1.82) is 0 Å². The highest BCUT2D eigenvalue weighted by Gasteiger charge is 2.30. The Hall–Kier alpha value is -1.90. The number of hydrogen-bond donors (Lipinski definition) is 1. The molecule has 9 heteroatoms. The maximum absolute atomic E-state index is 12.5. The topological polar surface area (TPSA) is 75.7 Å². The number of hydrogen-bond acceptors (Lipinski definition) is 4. The van der Waals surface area contributed by atoms with Crippen LogP contribution >= 0.6 is 0 Å². The molecule has 0 bridgehead atoms. The van der Waals surface area contributed by atoms with Crippen molar-refractivity contribution in [2.45, 2.75) is 11.3 Å². The molecular weight excluding hydrogens is 283 g/mol. The van der Waals surface area contributed by atoms with Crippen molar-refractivity contribution < 1.29 is 21.6 Å². The van der Waals surface area contributed by atoms with Crippen LogP contribution in [-0.2, 0) is 16.0 Å². The molecule has 102 valence electrons. The van der Waals surface area contributed by atoms with E-state index in [-0.39, 0.29) is 16.5 Å². The van der Waals surface area contributed by atoms with E-state index in [4.69, 9.17) is 0 Å². The zero-order chi connectivity index (χ0) is 14.3. The van der Waals surface area contributed by atoms with E-state index in [1.807, 2.05) is 0 Å². The molecule has 2 aromatic rings. The van der Waals surface area contributed by atoms with E-state index in [9.17, 15) is 21.6 Å². The first kappa shape index (κ1) is 13.5. The number of sulfone groups is 1. The van der Waals surface area contributed by atoms with Gasteiger partial charge in [0.15, 0.2) is 5.82 Å². The predicted octanol–water partition coefficient (Wildman–Crippen LogP) is 1.89. The Morgan fingerprint density at radius 1 is 1.26 bits per heavy atom. The maximum atomic E-state index is 12.5. The molecule has 0 saturated carbocycles. The van der Waals surface area contributed by atoms with Crippen LogP contribution in [0.15, 0.2) is 29.4 Å². The summed E-state index contributed by atoms with van der Waals surface area (Å²) in [6.45, 7) is 0. The molecule has 0 aliphatic carbocycles. The molecule has 1 heterocycles. The number of aromatic nitrogens is 3. The molecule has 0 saturated heterocycles. The Morgan fingerprint density at radius 3 is 2.47 bits per heavy atom. The van der Waals surface area contributed by atoms with Gasteiger partial charge in [0.2, 0.25) is 15.0 Å². The monoisotopic (exact) mass is 291 g/mol. The molecule has 1 N–H and O–H groups in total. The molecule has 0 aliphatic heterocycles. The normalized spacial score (nSPS) is 12.6. The van der Waals surface area contributed by atoms with Gasteiger partial charge in [0.25, 0.3) is 0 Å². The third kappa shape index (κ3) is 2.92. The third-order valence-corrected chi connectivity index (χ3v) is 3.15. The molecular formula is C10H8F3N3O2S. The first-order valence-electron chi connectivity index (χ1n) is 4.98. The van der Waals surface area contributed by atoms with E-state index in [0.29, 0.717) is 0 Å². The second-order valence-electron chi connectivity index (χ2n) is 3.81. The highest BCUT2D eigenvalue weighted by Crippen LogP contribution is 2.31. The number of aromatic amines is 1. The summed E-state index contributed by atoms with van der Waals surface area (Å²) in [5.41, 5.74) is -0.767. The summed E-state index contributed by atoms with van der Waals surface area (Å²) in [7, 11) is -3.58. The largest absolute Gasteiger partial charge is 0.416 e. The molecule has 0 radical (unpaired) electrons. The van der Waals surface area contributed by atoms with Gasteiger partial charge in [0.1, 0.15) is 0 Å². The smallest absolute Gasteiger partial charge is 0.249 e. The van der Waals surface area contributed by atoms with Crippen LogP contribution in [0.25, 0.3) is 11.4 Å². The lowest BCUT2D eigenvalue weighted by atomic mass is 10.1. The Morgan fingerprint density at radius 2 is 1.95 bits per heavy atom. The molecule has 0 aliphatic rings. The van der Waals surface area contributed by atoms with Crippen LogP contribution in [0.1, 0.15) is 5.56 Å². The van der Waals surface area contributed by atoms with E-state index in [1.165, 1.54) is 12.1 Å². The number of halogens is 3. The van der Waals surface area contributed by atoms with Crippen molar-refractivity contribution >= 4 is 9.84 Å². The van der Waals surface area contributed by atoms with Crippen LogP contribution in [-0.4, -0.2) is 29.9 Å². The molecule has 0 atom stereocenters. The van der Waals surface area contributed by atoms with Crippen molar-refractivity contribution in [2.75, 3.05) is 6.26 Å². The quantitative estimate of drug-likeness (QED) is 0.916. The van der Waals surface area contributed by atoms with E-state index >= 15 is 0 Å². The van der Waals surface area contributed by atoms with Crippen molar-refractivity contribution in [2.24, 2.45) is 0 Å². The number of benzene rings is 1. The average Bonchev–Trinajstić information content (AvgIpc) is 2.77. The lowest BCUT2D eigenvalue weighted by molar-refractivity contribution is -0.137. The van der Waals surface area contributed by atoms with Gasteiger partial charge in [-0.15, -0.1) is 0 Å². The van der Waals surface area contributed by atoms with Crippen molar-refractivity contribution in [3.63, 3.8) is 0 Å². The fraction of sp³-hybridized carbons (Fsp3) is 0.200. The van der Waals surface area contributed by atoms with Crippen LogP contribution in [0.2, 0.25) is 0 Å². The van der Waals surface area contributed by atoms with Gasteiger partial charge in [0, 0.05) is 11.8 Å². The van der Waals surface area contributed by atoms with Gasteiger partial charge < -0.3 is 0 Å². The summed E-state index contributed by atoms with van der Waals surface area (Å²) in [6, 6.07) is 4.34. The summed E-state index contributed by atoms with van der Waals surface area (Å²) in [5.74, 6) is -0.105. The van der Waals surface area contributed by atoms with E-state index in [0.717, 1.165) is 18.4 Å². The molecule has 1 aromatic carbocycles. The van der Waals surface area contributed by atoms with Gasteiger partial charge in [0.05, 0.1) is 5.56 Å². The summed E-state index contributed by atoms with van der Waals surface area (Å²) in [5, 5.41) is 5.38. The van der Waals surface area contributed by atoms with Gasteiger partial charge in [-0.25, -0.2) is 13.5 Å². The fourth-order valence-electron chi connectivity index (χ4n) is 1.38. The van der Waals surface area contributed by atoms with Crippen molar-refractivity contribution in [3.8, 4) is 11.4 Å². The SMILES string of the molecule is CS(=O)(=O)c1nc(-c2cccc(C(F)(F)F)c2)n[nH]1. The molecule has 0 amide bonds. The first-order chi connectivity index (χ1) is 8.68. The van der Waals surface area contributed by atoms with Crippen molar-refractivity contribution in [3.05, 3.63) is 29.8 Å². The zero-order valence-electron chi connectivity index (χ0n) is 9.56. The Kier molecular flexibility index (Phi) is 3.09. The van der Waals surface area contributed by atoms with Crippen LogP contribution in [0, 0.1) is 0 Å². The van der Waals surface area contributed by atoms with Gasteiger partial charge in [-0.1, -0.05) is 12.1 Å². The molecule has 1 aromatic heterocycles. The minimum atomic E-state index is -4.48. The molecule has 0 spiro atoms. The standard InChI is InChI=1S/C10H8F3N3O2S/c1-19(17,18)9-14-8(15-16-9)6-3-2-4-7(5-6)10(11,12)13/h2-5H,1H3,(H,14,15,16). The molecule has 2 rings (SSSR count). The lowest BCUT2D eigenvalue weighted by Gasteiger charge is -2.06. The zero-order valence-corrected chi connectivity index (χ0v) is 10.4. The van der Waals surface area contributed by atoms with Crippen LogP contribution in [0.5, 0.6) is 0 Å². The van der Waals surface area contributed by atoms with Gasteiger partial charge >= 0.3 is 6.18 Å². The summed E-state index contributed by atoms with van der Waals surface area (Å²) >= 11 is 0. The summed E-state index contributed by atoms with van der Waals surface area (Å²) in [4.78, 5) is 3.65. The maximum Gasteiger partial charge on any atom is 0.416 e. The second kappa shape index (κ2) is 4.34. The molecule has 19 heavy (non-hydrogen) atoms. The van der Waals surface area contributed by atoms with E-state index < -0.39 is 21.6 Å². The molecule has 0 fully saturated rings. The number of alkyl halides is 3. The first-order valence-corrected chi connectivity index (χ1v) is 6.87. The highest BCUT2D eigenvalue weighted by molar-refractivity contribution is 7.90. The number of nitrogens with zero attached hydrogens (tertiary/aromatic N) is 2. The van der Waals surface area contributed by atoms with Crippen molar-refractivity contribution in [1.82, 2.24) is 15.2 Å². The van der Waals surface area contributed by atoms with Crippen LogP contribution in [0.3, 0.4) is 0 Å². The summed E-state index contributed by atoms with van der Waals surface area (Å²) < 4.78 is 60.0. The van der Waals surface area contributed by atoms with Crippen LogP contribution in [0.4, 0.5) is 13.2 Å². The number of rotatable bonds is 2. The Bertz CT molecular complexity index is 707. The van der Waals surface area contributed by atoms with Gasteiger partial charge in [-0.05, 0) is 12.1 Å². The van der Waals surface area contributed by atoms with Gasteiger partial charge in [-0.2, -0.15) is 23.3 Å². The molecule has 0 unspecified atom stereocenters. The minimum Gasteiger partial charge on any atom is -0.249 e. The van der Waals surface area contributed by atoms with E-state index in [1.54, 1.807) is 0 Å². The number of nitrogens with one attached hydrogen (secondary N) is 1. The third-order valence-electron chi connectivity index (χ3n) is 2.26. The van der Waals surface area contributed by atoms with Crippen LogP contribution < -0.4 is 0 Å². The van der Waals surface area contributed by atoms with E-state index in [2.05, 4.69) is 15.2 Å².